The Morgan fingerprint density at radius 1 is 1.04 bits per heavy atom. The van der Waals surface area contributed by atoms with Crippen LogP contribution in [0.2, 0.25) is 0 Å². The molecule has 0 bridgehead atoms. The largest absolute Gasteiger partial charge is 0.497 e. The molecule has 0 aliphatic heterocycles. The van der Waals surface area contributed by atoms with Gasteiger partial charge in [-0.2, -0.15) is 10.2 Å². The van der Waals surface area contributed by atoms with Crippen LogP contribution in [0, 0.1) is 0 Å². The van der Waals surface area contributed by atoms with Gasteiger partial charge in [-0.15, -0.1) is 0 Å². The van der Waals surface area contributed by atoms with E-state index in [2.05, 4.69) is 20.7 Å². The molecule has 0 saturated carbocycles. The van der Waals surface area contributed by atoms with Gasteiger partial charge in [0.05, 0.1) is 39.4 Å². The Balaban J connectivity index is 1.76. The lowest BCUT2D eigenvalue weighted by atomic mass is 10.1. The first-order valence-electron chi connectivity index (χ1n) is 8.39. The third-order valence-corrected chi connectivity index (χ3v) is 4.07. The number of nitrogens with one attached hydrogen (secondary N) is 2. The quantitative estimate of drug-likeness (QED) is 0.485. The lowest BCUT2D eigenvalue weighted by Gasteiger charge is -2.09. The van der Waals surface area contributed by atoms with E-state index in [-0.39, 0.29) is 5.91 Å². The summed E-state index contributed by atoms with van der Waals surface area (Å²) < 4.78 is 15.7. The molecule has 1 heterocycles. The van der Waals surface area contributed by atoms with Gasteiger partial charge in [0.15, 0.2) is 0 Å². The van der Waals surface area contributed by atoms with Crippen LogP contribution in [0.25, 0.3) is 11.3 Å². The van der Waals surface area contributed by atoms with Gasteiger partial charge >= 0.3 is 0 Å². The van der Waals surface area contributed by atoms with E-state index in [9.17, 15) is 4.79 Å². The standard InChI is InChI=1S/C20H20N4O4/c1-26-15-6-4-13(5-7-15)20(25)24-22-12-14-11-21-23-19(14)17-9-8-16(27-2)10-18(17)28-3/h4-12H,1-3H3,(H,21,23)(H,24,25)/b22-12-. The van der Waals surface area contributed by atoms with Gasteiger partial charge in [-0.05, 0) is 36.4 Å². The first-order chi connectivity index (χ1) is 13.7. The molecule has 2 aromatic carbocycles. The molecule has 0 spiro atoms. The molecule has 1 aromatic heterocycles. The number of carbonyl (C=O) groups is 1. The minimum absolute atomic E-state index is 0.328. The fraction of sp³-hybridized carbons (Fsp3) is 0.150. The maximum atomic E-state index is 12.2. The number of aromatic nitrogens is 2. The van der Waals surface area contributed by atoms with Crippen molar-refractivity contribution in [1.29, 1.82) is 0 Å². The second-order valence-electron chi connectivity index (χ2n) is 5.69. The van der Waals surface area contributed by atoms with Crippen LogP contribution in [0.3, 0.4) is 0 Å². The topological polar surface area (TPSA) is 97.8 Å². The molecule has 0 unspecified atom stereocenters. The summed E-state index contributed by atoms with van der Waals surface area (Å²) in [5.41, 5.74) is 5.17. The van der Waals surface area contributed by atoms with Crippen molar-refractivity contribution in [1.82, 2.24) is 15.6 Å². The van der Waals surface area contributed by atoms with Gasteiger partial charge < -0.3 is 14.2 Å². The maximum Gasteiger partial charge on any atom is 0.271 e. The van der Waals surface area contributed by atoms with Crippen molar-refractivity contribution in [2.75, 3.05) is 21.3 Å². The number of aromatic amines is 1. The highest BCUT2D eigenvalue weighted by atomic mass is 16.5. The summed E-state index contributed by atoms with van der Waals surface area (Å²) in [6.45, 7) is 0. The number of hydrogen-bond donors (Lipinski definition) is 2. The zero-order valence-corrected chi connectivity index (χ0v) is 15.7. The van der Waals surface area contributed by atoms with E-state index < -0.39 is 0 Å². The lowest BCUT2D eigenvalue weighted by Crippen LogP contribution is -2.17. The van der Waals surface area contributed by atoms with Crippen LogP contribution in [-0.2, 0) is 0 Å². The second kappa shape index (κ2) is 8.72. The van der Waals surface area contributed by atoms with E-state index in [4.69, 9.17) is 14.2 Å². The average Bonchev–Trinajstić information content (AvgIpc) is 3.21. The molecule has 8 heteroatoms. The Hall–Kier alpha value is -3.81. The van der Waals surface area contributed by atoms with Gasteiger partial charge in [-0.1, -0.05) is 0 Å². The molecule has 1 amide bonds. The van der Waals surface area contributed by atoms with Crippen LogP contribution < -0.4 is 19.6 Å². The first-order valence-corrected chi connectivity index (χ1v) is 8.39. The lowest BCUT2D eigenvalue weighted by molar-refractivity contribution is 0.0955. The van der Waals surface area contributed by atoms with Crippen molar-refractivity contribution < 1.29 is 19.0 Å². The van der Waals surface area contributed by atoms with Gasteiger partial charge in [-0.25, -0.2) is 5.43 Å². The van der Waals surface area contributed by atoms with Crippen molar-refractivity contribution in [3.8, 4) is 28.5 Å². The van der Waals surface area contributed by atoms with Crippen LogP contribution >= 0.6 is 0 Å². The molecule has 0 fully saturated rings. The van der Waals surface area contributed by atoms with Crippen molar-refractivity contribution in [2.45, 2.75) is 0 Å². The third-order valence-electron chi connectivity index (χ3n) is 4.07. The van der Waals surface area contributed by atoms with E-state index >= 15 is 0 Å². The summed E-state index contributed by atoms with van der Waals surface area (Å²) >= 11 is 0. The van der Waals surface area contributed by atoms with Gasteiger partial charge in [-0.3, -0.25) is 9.89 Å². The number of H-pyrrole nitrogens is 1. The van der Waals surface area contributed by atoms with Crippen molar-refractivity contribution in [3.05, 3.63) is 59.8 Å². The number of hydrogen-bond acceptors (Lipinski definition) is 6. The summed E-state index contributed by atoms with van der Waals surface area (Å²) in [5, 5.41) is 11.0. The summed E-state index contributed by atoms with van der Waals surface area (Å²) in [4.78, 5) is 12.2. The number of carbonyl (C=O) groups excluding carboxylic acids is 1. The Kier molecular flexibility index (Phi) is 5.91. The van der Waals surface area contributed by atoms with Crippen LogP contribution in [0.1, 0.15) is 15.9 Å². The zero-order valence-electron chi connectivity index (χ0n) is 15.7. The number of amides is 1. The molecule has 8 nitrogen and oxygen atoms in total. The van der Waals surface area contributed by atoms with Crippen LogP contribution in [0.5, 0.6) is 17.2 Å². The number of rotatable bonds is 7. The van der Waals surface area contributed by atoms with E-state index in [0.717, 1.165) is 5.56 Å². The number of ether oxygens (including phenoxy) is 3. The molecular formula is C20H20N4O4. The first kappa shape index (κ1) is 19.0. The molecule has 0 radical (unpaired) electrons. The summed E-state index contributed by atoms with van der Waals surface area (Å²) in [6.07, 6.45) is 3.13. The van der Waals surface area contributed by atoms with E-state index in [1.807, 2.05) is 12.1 Å². The van der Waals surface area contributed by atoms with Gasteiger partial charge in [0.25, 0.3) is 5.91 Å². The minimum Gasteiger partial charge on any atom is -0.497 e. The van der Waals surface area contributed by atoms with Crippen LogP contribution in [-0.4, -0.2) is 43.6 Å². The molecule has 2 N–H and O–H groups in total. The highest BCUT2D eigenvalue weighted by Gasteiger charge is 2.13. The molecule has 0 atom stereocenters. The Morgan fingerprint density at radius 3 is 2.43 bits per heavy atom. The molecule has 3 rings (SSSR count). The predicted octanol–water partition coefficient (Wildman–Crippen LogP) is 2.87. The normalized spacial score (nSPS) is 10.7. The van der Waals surface area contributed by atoms with E-state index in [1.165, 1.54) is 6.21 Å². The number of hydrazone groups is 1. The van der Waals surface area contributed by atoms with E-state index in [0.29, 0.717) is 34.1 Å². The fourth-order valence-electron chi connectivity index (χ4n) is 2.58. The summed E-state index contributed by atoms with van der Waals surface area (Å²) in [5.74, 6) is 1.66. The SMILES string of the molecule is COc1ccc(C(=O)N/N=C\c2cn[nH]c2-c2ccc(OC)cc2OC)cc1. The molecular weight excluding hydrogens is 360 g/mol. The van der Waals surface area contributed by atoms with Gasteiger partial charge in [0, 0.05) is 22.8 Å². The predicted molar refractivity (Wildman–Crippen MR) is 105 cm³/mol. The zero-order chi connectivity index (χ0) is 19.9. The smallest absolute Gasteiger partial charge is 0.271 e. The maximum absolute atomic E-state index is 12.2. The van der Waals surface area contributed by atoms with Crippen LogP contribution in [0.4, 0.5) is 0 Å². The Morgan fingerprint density at radius 2 is 1.75 bits per heavy atom. The van der Waals surface area contributed by atoms with Crippen LogP contribution in [0.15, 0.2) is 53.8 Å². The van der Waals surface area contributed by atoms with Gasteiger partial charge in [0.2, 0.25) is 0 Å². The molecule has 28 heavy (non-hydrogen) atoms. The molecule has 144 valence electrons. The third kappa shape index (κ3) is 4.12. The Bertz CT molecular complexity index is 980. The second-order valence-corrected chi connectivity index (χ2v) is 5.69. The highest BCUT2D eigenvalue weighted by molar-refractivity contribution is 5.96. The Labute approximate surface area is 162 Å². The average molecular weight is 380 g/mol. The molecule has 0 aliphatic carbocycles. The highest BCUT2D eigenvalue weighted by Crippen LogP contribution is 2.33. The number of nitrogens with zero attached hydrogens (tertiary/aromatic N) is 2. The van der Waals surface area contributed by atoms with Crippen molar-refractivity contribution >= 4 is 12.1 Å². The van der Waals surface area contributed by atoms with Crippen molar-refractivity contribution in [2.24, 2.45) is 5.10 Å². The number of benzene rings is 2. The van der Waals surface area contributed by atoms with Gasteiger partial charge in [0.1, 0.15) is 17.2 Å². The monoisotopic (exact) mass is 380 g/mol. The fourth-order valence-corrected chi connectivity index (χ4v) is 2.58. The minimum atomic E-state index is -0.328. The summed E-state index contributed by atoms with van der Waals surface area (Å²) in [6, 6.07) is 12.2. The number of methoxy groups -OCH3 is 3. The molecule has 0 aliphatic rings. The molecule has 0 saturated heterocycles. The molecule has 3 aromatic rings. The van der Waals surface area contributed by atoms with E-state index in [1.54, 1.807) is 57.9 Å². The summed E-state index contributed by atoms with van der Waals surface area (Å²) in [7, 11) is 4.74. The van der Waals surface area contributed by atoms with Crippen molar-refractivity contribution in [3.63, 3.8) is 0 Å².